The van der Waals surface area contributed by atoms with Gasteiger partial charge in [0.25, 0.3) is 0 Å². The zero-order chi connectivity index (χ0) is 10.7. The summed E-state index contributed by atoms with van der Waals surface area (Å²) in [6.07, 6.45) is 0. The Labute approximate surface area is 95.2 Å². The first kappa shape index (κ1) is 11.3. The molecule has 76 valence electrons. The number of rotatable bonds is 3. The molecule has 0 bridgehead atoms. The fourth-order valence-electron chi connectivity index (χ4n) is 1.02. The van der Waals surface area contributed by atoms with Crippen molar-refractivity contribution in [3.63, 3.8) is 0 Å². The number of ether oxygens (including phenoxy) is 1. The molecule has 0 aliphatic rings. The van der Waals surface area contributed by atoms with Crippen LogP contribution in [0.15, 0.2) is 18.2 Å². The van der Waals surface area contributed by atoms with E-state index < -0.39 is 12.0 Å². The number of carboxylic acids is 1. The largest absolute Gasteiger partial charge is 0.496 e. The molecule has 1 aromatic rings. The molecular weight excluding hydrogens is 297 g/mol. The highest BCUT2D eigenvalue weighted by molar-refractivity contribution is 14.1. The summed E-state index contributed by atoms with van der Waals surface area (Å²) in [6.45, 7) is 0. The number of hydrogen-bond donors (Lipinski definition) is 2. The Morgan fingerprint density at radius 1 is 1.64 bits per heavy atom. The first-order valence-corrected chi connectivity index (χ1v) is 4.96. The fraction of sp³-hybridized carbons (Fsp3) is 0.222. The Balaban J connectivity index is 3.02. The molecule has 0 saturated carbocycles. The van der Waals surface area contributed by atoms with E-state index in [1.165, 1.54) is 0 Å². The van der Waals surface area contributed by atoms with Crippen LogP contribution < -0.4 is 10.5 Å². The van der Waals surface area contributed by atoms with Gasteiger partial charge in [0.1, 0.15) is 11.8 Å². The van der Waals surface area contributed by atoms with Gasteiger partial charge in [-0.25, -0.2) is 0 Å². The molecular formula is C9H10INO3. The molecule has 4 nitrogen and oxygen atoms in total. The van der Waals surface area contributed by atoms with Crippen LogP contribution in [-0.2, 0) is 4.79 Å². The van der Waals surface area contributed by atoms with Gasteiger partial charge in [0.2, 0.25) is 0 Å². The van der Waals surface area contributed by atoms with Crippen molar-refractivity contribution in [2.24, 2.45) is 5.73 Å². The molecule has 1 rings (SSSR count). The average Bonchev–Trinajstić information content (AvgIpc) is 2.16. The van der Waals surface area contributed by atoms with E-state index in [9.17, 15) is 4.79 Å². The predicted molar refractivity (Wildman–Crippen MR) is 60.3 cm³/mol. The van der Waals surface area contributed by atoms with Gasteiger partial charge >= 0.3 is 5.97 Å². The Morgan fingerprint density at radius 3 is 2.71 bits per heavy atom. The molecule has 0 radical (unpaired) electrons. The van der Waals surface area contributed by atoms with Crippen molar-refractivity contribution in [2.75, 3.05) is 7.11 Å². The van der Waals surface area contributed by atoms with Crippen molar-refractivity contribution in [1.82, 2.24) is 0 Å². The second-order valence-electron chi connectivity index (χ2n) is 2.71. The molecule has 0 aliphatic carbocycles. The molecule has 3 N–H and O–H groups in total. The van der Waals surface area contributed by atoms with Crippen LogP contribution in [0.3, 0.4) is 0 Å². The SMILES string of the molecule is COc1ccc(C(N)C(=O)O)cc1I. The molecule has 0 spiro atoms. The van der Waals surface area contributed by atoms with Crippen molar-refractivity contribution in [3.8, 4) is 5.75 Å². The van der Waals surface area contributed by atoms with Crippen molar-refractivity contribution in [3.05, 3.63) is 27.3 Å². The van der Waals surface area contributed by atoms with Crippen LogP contribution >= 0.6 is 22.6 Å². The van der Waals surface area contributed by atoms with Crippen molar-refractivity contribution < 1.29 is 14.6 Å². The van der Waals surface area contributed by atoms with Gasteiger partial charge < -0.3 is 15.6 Å². The maximum atomic E-state index is 10.6. The maximum absolute atomic E-state index is 10.6. The van der Waals surface area contributed by atoms with E-state index in [2.05, 4.69) is 22.6 Å². The molecule has 0 aromatic heterocycles. The smallest absolute Gasteiger partial charge is 0.325 e. The number of carbonyl (C=O) groups is 1. The van der Waals surface area contributed by atoms with Crippen LogP contribution in [0.2, 0.25) is 0 Å². The molecule has 0 heterocycles. The van der Waals surface area contributed by atoms with Gasteiger partial charge in [-0.05, 0) is 40.3 Å². The zero-order valence-corrected chi connectivity index (χ0v) is 9.69. The standard InChI is InChI=1S/C9H10INO3/c1-14-7-3-2-5(4-6(7)10)8(11)9(12)13/h2-4,8H,11H2,1H3,(H,12,13). The summed E-state index contributed by atoms with van der Waals surface area (Å²) in [5, 5.41) is 8.69. The van der Waals surface area contributed by atoms with Crippen LogP contribution in [0.5, 0.6) is 5.75 Å². The number of nitrogens with two attached hydrogens (primary N) is 1. The maximum Gasteiger partial charge on any atom is 0.325 e. The fourth-order valence-corrected chi connectivity index (χ4v) is 1.78. The molecule has 14 heavy (non-hydrogen) atoms. The van der Waals surface area contributed by atoms with Crippen molar-refractivity contribution >= 4 is 28.6 Å². The predicted octanol–water partition coefficient (Wildman–Crippen LogP) is 1.38. The minimum absolute atomic E-state index is 0.572. The third-order valence-electron chi connectivity index (χ3n) is 1.80. The van der Waals surface area contributed by atoms with Crippen molar-refractivity contribution in [2.45, 2.75) is 6.04 Å². The summed E-state index contributed by atoms with van der Waals surface area (Å²) >= 11 is 2.07. The van der Waals surface area contributed by atoms with Crippen LogP contribution in [-0.4, -0.2) is 18.2 Å². The Hall–Kier alpha value is -0.820. The minimum Gasteiger partial charge on any atom is -0.496 e. The molecule has 1 aromatic carbocycles. The monoisotopic (exact) mass is 307 g/mol. The number of aliphatic carboxylic acids is 1. The summed E-state index contributed by atoms with van der Waals surface area (Å²) in [7, 11) is 1.56. The molecule has 1 unspecified atom stereocenters. The van der Waals surface area contributed by atoms with E-state index in [1.54, 1.807) is 25.3 Å². The summed E-state index contributed by atoms with van der Waals surface area (Å²) < 4.78 is 5.89. The minimum atomic E-state index is -1.04. The van der Waals surface area contributed by atoms with Gasteiger partial charge in [0.05, 0.1) is 10.7 Å². The third-order valence-corrected chi connectivity index (χ3v) is 2.64. The van der Waals surface area contributed by atoms with E-state index in [4.69, 9.17) is 15.6 Å². The topological polar surface area (TPSA) is 72.5 Å². The van der Waals surface area contributed by atoms with Crippen molar-refractivity contribution in [1.29, 1.82) is 0 Å². The highest BCUT2D eigenvalue weighted by Gasteiger charge is 2.15. The lowest BCUT2D eigenvalue weighted by Crippen LogP contribution is -2.20. The number of carboxylic acid groups (broad SMARTS) is 1. The lowest BCUT2D eigenvalue weighted by molar-refractivity contribution is -0.138. The van der Waals surface area contributed by atoms with Gasteiger partial charge in [-0.3, -0.25) is 4.79 Å². The van der Waals surface area contributed by atoms with Crippen LogP contribution in [0.4, 0.5) is 0 Å². The van der Waals surface area contributed by atoms with Gasteiger partial charge in [-0.2, -0.15) is 0 Å². The number of benzene rings is 1. The van der Waals surface area contributed by atoms with Gasteiger partial charge in [0.15, 0.2) is 0 Å². The summed E-state index contributed by atoms with van der Waals surface area (Å²) in [5.41, 5.74) is 6.03. The first-order chi connectivity index (χ1) is 6.56. The lowest BCUT2D eigenvalue weighted by atomic mass is 10.1. The van der Waals surface area contributed by atoms with E-state index in [-0.39, 0.29) is 0 Å². The summed E-state index contributed by atoms with van der Waals surface area (Å²) in [5.74, 6) is -0.321. The highest BCUT2D eigenvalue weighted by Crippen LogP contribution is 2.23. The lowest BCUT2D eigenvalue weighted by Gasteiger charge is -2.09. The zero-order valence-electron chi connectivity index (χ0n) is 7.53. The molecule has 0 saturated heterocycles. The molecule has 5 heteroatoms. The molecule has 1 atom stereocenters. The van der Waals surface area contributed by atoms with E-state index >= 15 is 0 Å². The van der Waals surface area contributed by atoms with E-state index in [0.717, 1.165) is 3.57 Å². The van der Waals surface area contributed by atoms with Gasteiger partial charge in [-0.1, -0.05) is 6.07 Å². The first-order valence-electron chi connectivity index (χ1n) is 3.88. The molecule has 0 fully saturated rings. The number of halogens is 1. The Morgan fingerprint density at radius 2 is 2.29 bits per heavy atom. The number of hydrogen-bond acceptors (Lipinski definition) is 3. The highest BCUT2D eigenvalue weighted by atomic mass is 127. The second kappa shape index (κ2) is 4.61. The Bertz CT molecular complexity index is 354. The van der Waals surface area contributed by atoms with Gasteiger partial charge in [0, 0.05) is 0 Å². The van der Waals surface area contributed by atoms with Crippen LogP contribution in [0.25, 0.3) is 0 Å². The summed E-state index contributed by atoms with van der Waals surface area (Å²) in [6, 6.07) is 4.09. The average molecular weight is 307 g/mol. The Kier molecular flexibility index (Phi) is 3.70. The van der Waals surface area contributed by atoms with Crippen LogP contribution in [0.1, 0.15) is 11.6 Å². The van der Waals surface area contributed by atoms with Gasteiger partial charge in [-0.15, -0.1) is 0 Å². The summed E-state index contributed by atoms with van der Waals surface area (Å²) in [4.78, 5) is 10.6. The van der Waals surface area contributed by atoms with E-state index in [1.807, 2.05) is 0 Å². The quantitative estimate of drug-likeness (QED) is 0.828. The molecule has 0 aliphatic heterocycles. The van der Waals surface area contributed by atoms with Crippen LogP contribution in [0, 0.1) is 3.57 Å². The van der Waals surface area contributed by atoms with E-state index in [0.29, 0.717) is 11.3 Å². The third kappa shape index (κ3) is 2.36. The molecule has 0 amide bonds. The normalized spacial score (nSPS) is 12.2. The second-order valence-corrected chi connectivity index (χ2v) is 3.87. The number of methoxy groups -OCH3 is 1.